The van der Waals surface area contributed by atoms with Crippen molar-refractivity contribution in [3.63, 3.8) is 0 Å². The number of nitrogens with one attached hydrogen (secondary N) is 1. The van der Waals surface area contributed by atoms with Crippen LogP contribution in [0.5, 0.6) is 5.75 Å². The van der Waals surface area contributed by atoms with Crippen molar-refractivity contribution in [2.24, 2.45) is 0 Å². The molecular formula is C33H37NO4. The Balaban J connectivity index is 1.58. The SMILES string of the molecule is COc1ccc(C[C@@H](NCc2ccccc2)[C@H](OCc2ccccc2)[C@H](CO)OCc2ccccc2)cc1. The molecule has 198 valence electrons. The molecule has 4 aromatic rings. The van der Waals surface area contributed by atoms with Gasteiger partial charge in [0.05, 0.1) is 26.9 Å². The van der Waals surface area contributed by atoms with Crippen molar-refractivity contribution < 1.29 is 19.3 Å². The fourth-order valence-electron chi connectivity index (χ4n) is 4.44. The first-order valence-corrected chi connectivity index (χ1v) is 13.1. The van der Waals surface area contributed by atoms with Gasteiger partial charge in [-0.05, 0) is 40.8 Å². The molecule has 0 heterocycles. The number of aliphatic hydroxyl groups is 1. The fraction of sp³-hybridized carbons (Fsp3) is 0.273. The minimum Gasteiger partial charge on any atom is -0.497 e. The molecule has 38 heavy (non-hydrogen) atoms. The molecule has 0 aliphatic heterocycles. The first-order chi connectivity index (χ1) is 18.7. The Morgan fingerprint density at radius 2 is 1.16 bits per heavy atom. The maximum atomic E-state index is 10.5. The van der Waals surface area contributed by atoms with Gasteiger partial charge in [0.25, 0.3) is 0 Å². The molecule has 5 nitrogen and oxygen atoms in total. The number of hydrogen-bond donors (Lipinski definition) is 2. The third kappa shape index (κ3) is 8.54. The van der Waals surface area contributed by atoms with Crippen LogP contribution in [0.1, 0.15) is 22.3 Å². The van der Waals surface area contributed by atoms with E-state index in [1.54, 1.807) is 7.11 Å². The summed E-state index contributed by atoms with van der Waals surface area (Å²) in [5.41, 5.74) is 4.45. The number of methoxy groups -OCH3 is 1. The molecule has 0 aliphatic carbocycles. The number of aliphatic hydroxyl groups excluding tert-OH is 1. The van der Waals surface area contributed by atoms with Crippen LogP contribution in [0.25, 0.3) is 0 Å². The van der Waals surface area contributed by atoms with Gasteiger partial charge in [-0.25, -0.2) is 0 Å². The van der Waals surface area contributed by atoms with Crippen molar-refractivity contribution in [3.05, 3.63) is 138 Å². The van der Waals surface area contributed by atoms with Gasteiger partial charge in [-0.2, -0.15) is 0 Å². The highest BCUT2D eigenvalue weighted by molar-refractivity contribution is 5.28. The minimum atomic E-state index is -0.523. The zero-order chi connectivity index (χ0) is 26.4. The van der Waals surface area contributed by atoms with Crippen molar-refractivity contribution in [2.45, 2.75) is 44.4 Å². The molecule has 0 aliphatic rings. The molecule has 4 aromatic carbocycles. The van der Waals surface area contributed by atoms with Gasteiger partial charge < -0.3 is 24.6 Å². The van der Waals surface area contributed by atoms with Crippen LogP contribution in [0, 0.1) is 0 Å². The second-order valence-corrected chi connectivity index (χ2v) is 9.30. The Labute approximate surface area is 226 Å². The molecule has 0 unspecified atom stereocenters. The summed E-state index contributed by atoms with van der Waals surface area (Å²) in [4.78, 5) is 0. The highest BCUT2D eigenvalue weighted by atomic mass is 16.5. The molecule has 0 aromatic heterocycles. The topological polar surface area (TPSA) is 60.0 Å². The first kappa shape index (κ1) is 27.6. The summed E-state index contributed by atoms with van der Waals surface area (Å²) in [5, 5.41) is 14.2. The van der Waals surface area contributed by atoms with Gasteiger partial charge in [0.2, 0.25) is 0 Å². The van der Waals surface area contributed by atoms with Crippen LogP contribution < -0.4 is 10.1 Å². The molecule has 3 atom stereocenters. The molecule has 0 amide bonds. The van der Waals surface area contributed by atoms with Crippen LogP contribution in [-0.4, -0.2) is 37.1 Å². The zero-order valence-corrected chi connectivity index (χ0v) is 21.9. The van der Waals surface area contributed by atoms with Crippen LogP contribution in [0.2, 0.25) is 0 Å². The van der Waals surface area contributed by atoms with Crippen LogP contribution >= 0.6 is 0 Å². The van der Waals surface area contributed by atoms with E-state index in [2.05, 4.69) is 29.6 Å². The monoisotopic (exact) mass is 511 g/mol. The quantitative estimate of drug-likeness (QED) is 0.219. The zero-order valence-electron chi connectivity index (χ0n) is 21.9. The molecular weight excluding hydrogens is 474 g/mol. The van der Waals surface area contributed by atoms with Crippen molar-refractivity contribution >= 4 is 0 Å². The largest absolute Gasteiger partial charge is 0.497 e. The number of rotatable bonds is 15. The van der Waals surface area contributed by atoms with Crippen molar-refractivity contribution in [2.75, 3.05) is 13.7 Å². The van der Waals surface area contributed by atoms with Crippen LogP contribution in [0.3, 0.4) is 0 Å². The van der Waals surface area contributed by atoms with Crippen molar-refractivity contribution in [3.8, 4) is 5.75 Å². The summed E-state index contributed by atoms with van der Waals surface area (Å²) in [5.74, 6) is 0.818. The van der Waals surface area contributed by atoms with E-state index in [-0.39, 0.29) is 12.6 Å². The highest BCUT2D eigenvalue weighted by Crippen LogP contribution is 2.20. The van der Waals surface area contributed by atoms with Gasteiger partial charge >= 0.3 is 0 Å². The molecule has 0 saturated heterocycles. The Morgan fingerprint density at radius 1 is 0.632 bits per heavy atom. The Bertz CT molecular complexity index is 1170. The summed E-state index contributed by atoms with van der Waals surface area (Å²) in [6, 6.07) is 38.4. The third-order valence-corrected chi connectivity index (χ3v) is 6.56. The molecule has 4 rings (SSSR count). The lowest BCUT2D eigenvalue weighted by Crippen LogP contribution is -2.51. The summed E-state index contributed by atoms with van der Waals surface area (Å²) in [6.07, 6.45) is -0.234. The second-order valence-electron chi connectivity index (χ2n) is 9.30. The summed E-state index contributed by atoms with van der Waals surface area (Å²) >= 11 is 0. The van der Waals surface area contributed by atoms with E-state index in [0.29, 0.717) is 26.2 Å². The maximum Gasteiger partial charge on any atom is 0.118 e. The molecule has 0 radical (unpaired) electrons. The lowest BCUT2D eigenvalue weighted by molar-refractivity contribution is -0.116. The normalized spacial score (nSPS) is 13.5. The lowest BCUT2D eigenvalue weighted by atomic mass is 9.96. The van der Waals surface area contributed by atoms with Gasteiger partial charge in [0.15, 0.2) is 0 Å². The third-order valence-electron chi connectivity index (χ3n) is 6.56. The first-order valence-electron chi connectivity index (χ1n) is 13.1. The molecule has 0 bridgehead atoms. The Morgan fingerprint density at radius 3 is 1.68 bits per heavy atom. The number of ether oxygens (including phenoxy) is 3. The van der Waals surface area contributed by atoms with Gasteiger partial charge in [-0.15, -0.1) is 0 Å². The molecule has 5 heteroatoms. The highest BCUT2D eigenvalue weighted by Gasteiger charge is 2.31. The van der Waals surface area contributed by atoms with E-state index in [9.17, 15) is 5.11 Å². The number of hydrogen-bond acceptors (Lipinski definition) is 5. The average Bonchev–Trinajstić information content (AvgIpc) is 2.99. The molecule has 0 spiro atoms. The minimum absolute atomic E-state index is 0.125. The van der Waals surface area contributed by atoms with Gasteiger partial charge in [-0.1, -0.05) is 103 Å². The summed E-state index contributed by atoms with van der Waals surface area (Å²) in [7, 11) is 1.67. The Hall–Kier alpha value is -3.48. The van der Waals surface area contributed by atoms with Crippen LogP contribution in [0.4, 0.5) is 0 Å². The molecule has 0 fully saturated rings. The Kier molecular flexibility index (Phi) is 10.9. The van der Waals surface area contributed by atoms with Crippen LogP contribution in [0.15, 0.2) is 115 Å². The standard InChI is InChI=1S/C33H37NO4/c1-36-30-19-17-26(18-20-30)21-31(34-22-27-11-5-2-6-12-27)33(38-25-29-15-9-4-10-16-29)32(23-35)37-24-28-13-7-3-8-14-28/h2-20,31-35H,21-25H2,1H3/t31-,32+,33+/m1/s1. The van der Waals surface area contributed by atoms with E-state index >= 15 is 0 Å². The molecule has 2 N–H and O–H groups in total. The predicted molar refractivity (Wildman–Crippen MR) is 151 cm³/mol. The number of benzene rings is 4. The maximum absolute atomic E-state index is 10.5. The van der Waals surface area contributed by atoms with Gasteiger partial charge in [-0.3, -0.25) is 0 Å². The predicted octanol–water partition coefficient (Wildman–Crippen LogP) is 5.56. The van der Waals surface area contributed by atoms with Crippen LogP contribution in [-0.2, 0) is 35.7 Å². The van der Waals surface area contributed by atoms with E-state index in [1.807, 2.05) is 91.0 Å². The molecule has 0 saturated carbocycles. The summed E-state index contributed by atoms with van der Waals surface area (Å²) in [6.45, 7) is 1.33. The van der Waals surface area contributed by atoms with E-state index in [1.165, 1.54) is 5.56 Å². The summed E-state index contributed by atoms with van der Waals surface area (Å²) < 4.78 is 18.2. The van der Waals surface area contributed by atoms with E-state index in [4.69, 9.17) is 14.2 Å². The average molecular weight is 512 g/mol. The van der Waals surface area contributed by atoms with Crippen molar-refractivity contribution in [1.82, 2.24) is 5.32 Å². The van der Waals surface area contributed by atoms with E-state index in [0.717, 1.165) is 22.4 Å². The van der Waals surface area contributed by atoms with Gasteiger partial charge in [0.1, 0.15) is 18.0 Å². The lowest BCUT2D eigenvalue weighted by Gasteiger charge is -2.34. The van der Waals surface area contributed by atoms with E-state index < -0.39 is 12.2 Å². The fourth-order valence-corrected chi connectivity index (χ4v) is 4.44. The second kappa shape index (κ2) is 15.1. The smallest absolute Gasteiger partial charge is 0.118 e. The van der Waals surface area contributed by atoms with Gasteiger partial charge in [0, 0.05) is 12.6 Å². The van der Waals surface area contributed by atoms with Crippen molar-refractivity contribution in [1.29, 1.82) is 0 Å².